The molecule has 154 valence electrons. The second kappa shape index (κ2) is 8.84. The van der Waals surface area contributed by atoms with E-state index >= 15 is 0 Å². The van der Waals surface area contributed by atoms with Crippen LogP contribution in [-0.2, 0) is 26.1 Å². The highest BCUT2D eigenvalue weighted by atomic mass is 35.5. The minimum absolute atomic E-state index is 0.0250. The number of carbonyl (C=O) groups excluding carboxylic acids is 2. The van der Waals surface area contributed by atoms with Gasteiger partial charge in [-0.25, -0.2) is 13.2 Å². The van der Waals surface area contributed by atoms with Crippen LogP contribution in [0.15, 0.2) is 47.4 Å². The highest BCUT2D eigenvalue weighted by molar-refractivity contribution is 7.92. The third kappa shape index (κ3) is 5.07. The number of ether oxygens (including phenoxy) is 1. The van der Waals surface area contributed by atoms with Crippen LogP contribution in [0.25, 0.3) is 0 Å². The first kappa shape index (κ1) is 21.1. The predicted molar refractivity (Wildman–Crippen MR) is 109 cm³/mol. The van der Waals surface area contributed by atoms with E-state index in [9.17, 15) is 18.0 Å². The van der Waals surface area contributed by atoms with Gasteiger partial charge in [0.1, 0.15) is 4.90 Å². The van der Waals surface area contributed by atoms with E-state index in [2.05, 4.69) is 10.0 Å². The van der Waals surface area contributed by atoms with Crippen molar-refractivity contribution < 1.29 is 22.7 Å². The molecule has 0 unspecified atom stereocenters. The largest absolute Gasteiger partial charge is 0.465 e. The fourth-order valence-corrected chi connectivity index (χ4v) is 4.53. The molecule has 2 aromatic carbocycles. The number of esters is 1. The van der Waals surface area contributed by atoms with Crippen LogP contribution < -0.4 is 10.0 Å². The number of amides is 1. The van der Waals surface area contributed by atoms with Crippen molar-refractivity contribution >= 4 is 39.2 Å². The molecule has 0 saturated heterocycles. The van der Waals surface area contributed by atoms with Gasteiger partial charge in [0, 0.05) is 12.5 Å². The van der Waals surface area contributed by atoms with Gasteiger partial charge >= 0.3 is 5.97 Å². The standard InChI is InChI=1S/C20H21ClN2O5S/c1-28-20(25)15-9-13(12-22-19(24)14-5-4-6-14)10-16(11-15)23-29(26,27)18-8-3-2-7-17(18)21/h2-3,7-11,14,23H,4-6,12H2,1H3,(H,22,24). The summed E-state index contributed by atoms with van der Waals surface area (Å²) in [6.45, 7) is 0.168. The topological polar surface area (TPSA) is 102 Å². The molecular weight excluding hydrogens is 416 g/mol. The number of sulfonamides is 1. The van der Waals surface area contributed by atoms with Crippen molar-refractivity contribution in [3.63, 3.8) is 0 Å². The zero-order valence-corrected chi connectivity index (χ0v) is 17.3. The van der Waals surface area contributed by atoms with Crippen LogP contribution in [0.3, 0.4) is 0 Å². The fourth-order valence-electron chi connectivity index (χ4n) is 2.97. The van der Waals surface area contributed by atoms with Crippen molar-refractivity contribution in [2.75, 3.05) is 11.8 Å². The molecule has 1 aliphatic carbocycles. The van der Waals surface area contributed by atoms with Gasteiger partial charge in [0.05, 0.1) is 23.4 Å². The van der Waals surface area contributed by atoms with Crippen molar-refractivity contribution in [2.24, 2.45) is 5.92 Å². The fraction of sp³-hybridized carbons (Fsp3) is 0.300. The monoisotopic (exact) mass is 436 g/mol. The molecule has 7 nitrogen and oxygen atoms in total. The van der Waals surface area contributed by atoms with Gasteiger partial charge in [0.2, 0.25) is 5.91 Å². The van der Waals surface area contributed by atoms with Crippen LogP contribution in [0.4, 0.5) is 5.69 Å². The molecule has 1 aliphatic rings. The molecule has 1 saturated carbocycles. The lowest BCUT2D eigenvalue weighted by atomic mass is 9.85. The van der Waals surface area contributed by atoms with Crippen LogP contribution in [0.2, 0.25) is 5.02 Å². The first-order valence-corrected chi connectivity index (χ1v) is 10.9. The molecule has 1 fully saturated rings. The number of methoxy groups -OCH3 is 1. The van der Waals surface area contributed by atoms with E-state index in [4.69, 9.17) is 16.3 Å². The molecule has 0 atom stereocenters. The highest BCUT2D eigenvalue weighted by Gasteiger charge is 2.25. The van der Waals surface area contributed by atoms with Gasteiger partial charge in [-0.3, -0.25) is 9.52 Å². The smallest absolute Gasteiger partial charge is 0.337 e. The van der Waals surface area contributed by atoms with Gasteiger partial charge in [-0.15, -0.1) is 0 Å². The van der Waals surface area contributed by atoms with E-state index in [0.29, 0.717) is 5.56 Å². The third-order valence-corrected chi connectivity index (χ3v) is 6.62. The number of rotatable bonds is 7. The number of hydrogen-bond donors (Lipinski definition) is 2. The summed E-state index contributed by atoms with van der Waals surface area (Å²) in [5.74, 6) is -0.634. The van der Waals surface area contributed by atoms with Gasteiger partial charge in [0.15, 0.2) is 0 Å². The lowest BCUT2D eigenvalue weighted by molar-refractivity contribution is -0.127. The molecule has 1 amide bonds. The van der Waals surface area contributed by atoms with Gasteiger partial charge in [-0.2, -0.15) is 0 Å². The first-order chi connectivity index (χ1) is 13.8. The van der Waals surface area contributed by atoms with Crippen molar-refractivity contribution in [2.45, 2.75) is 30.7 Å². The average molecular weight is 437 g/mol. The summed E-state index contributed by atoms with van der Waals surface area (Å²) >= 11 is 6.00. The van der Waals surface area contributed by atoms with Crippen molar-refractivity contribution in [3.8, 4) is 0 Å². The minimum Gasteiger partial charge on any atom is -0.465 e. The number of carbonyl (C=O) groups is 2. The SMILES string of the molecule is COC(=O)c1cc(CNC(=O)C2CCC2)cc(NS(=O)(=O)c2ccccc2Cl)c1. The van der Waals surface area contributed by atoms with Crippen molar-refractivity contribution in [1.29, 1.82) is 0 Å². The summed E-state index contributed by atoms with van der Waals surface area (Å²) in [4.78, 5) is 24.0. The summed E-state index contributed by atoms with van der Waals surface area (Å²) in [6, 6.07) is 10.5. The Labute approximate surface area is 174 Å². The second-order valence-electron chi connectivity index (χ2n) is 6.79. The summed E-state index contributed by atoms with van der Waals surface area (Å²) in [7, 11) is -2.73. The van der Waals surface area contributed by atoms with E-state index < -0.39 is 16.0 Å². The molecule has 0 aliphatic heterocycles. The third-order valence-electron chi connectivity index (χ3n) is 4.73. The maximum atomic E-state index is 12.7. The first-order valence-electron chi connectivity index (χ1n) is 9.07. The van der Waals surface area contributed by atoms with Crippen LogP contribution in [0.1, 0.15) is 35.2 Å². The van der Waals surface area contributed by atoms with Crippen molar-refractivity contribution in [3.05, 3.63) is 58.6 Å². The number of nitrogens with one attached hydrogen (secondary N) is 2. The van der Waals surface area contributed by atoms with E-state index in [-0.39, 0.29) is 39.5 Å². The molecule has 0 bridgehead atoms. The van der Waals surface area contributed by atoms with Gasteiger partial charge in [-0.05, 0) is 48.7 Å². The molecule has 0 radical (unpaired) electrons. The van der Waals surface area contributed by atoms with Gasteiger partial charge < -0.3 is 10.1 Å². The number of benzene rings is 2. The molecule has 0 heterocycles. The normalized spacial score (nSPS) is 14.0. The Balaban J connectivity index is 1.85. The Hall–Kier alpha value is -2.58. The van der Waals surface area contributed by atoms with E-state index in [1.54, 1.807) is 24.3 Å². The Morgan fingerprint density at radius 1 is 1.17 bits per heavy atom. The zero-order valence-electron chi connectivity index (χ0n) is 15.8. The highest BCUT2D eigenvalue weighted by Crippen LogP contribution is 2.27. The maximum absolute atomic E-state index is 12.7. The van der Waals surface area contributed by atoms with E-state index in [1.165, 1.54) is 25.3 Å². The van der Waals surface area contributed by atoms with Gasteiger partial charge in [-0.1, -0.05) is 30.2 Å². The molecular formula is C20H21ClN2O5S. The van der Waals surface area contributed by atoms with E-state index in [0.717, 1.165) is 19.3 Å². The lowest BCUT2D eigenvalue weighted by Gasteiger charge is -2.24. The number of halogens is 1. The summed E-state index contributed by atoms with van der Waals surface area (Å²) < 4.78 is 32.6. The van der Waals surface area contributed by atoms with Crippen LogP contribution >= 0.6 is 11.6 Å². The molecule has 2 N–H and O–H groups in total. The molecule has 3 rings (SSSR count). The van der Waals surface area contributed by atoms with Crippen LogP contribution in [0.5, 0.6) is 0 Å². The Kier molecular flexibility index (Phi) is 6.44. The molecule has 0 spiro atoms. The molecule has 0 aromatic heterocycles. The Morgan fingerprint density at radius 3 is 2.52 bits per heavy atom. The molecule has 9 heteroatoms. The Bertz CT molecular complexity index is 1030. The minimum atomic E-state index is -3.97. The van der Waals surface area contributed by atoms with Crippen LogP contribution in [-0.4, -0.2) is 27.4 Å². The summed E-state index contributed by atoms with van der Waals surface area (Å²) in [6.07, 6.45) is 2.79. The maximum Gasteiger partial charge on any atom is 0.337 e. The zero-order chi connectivity index (χ0) is 21.0. The predicted octanol–water partition coefficient (Wildman–Crippen LogP) is 3.34. The molecule has 29 heavy (non-hydrogen) atoms. The lowest BCUT2D eigenvalue weighted by Crippen LogP contribution is -2.34. The van der Waals surface area contributed by atoms with Crippen molar-refractivity contribution in [1.82, 2.24) is 5.32 Å². The van der Waals surface area contributed by atoms with Gasteiger partial charge in [0.25, 0.3) is 10.0 Å². The number of hydrogen-bond acceptors (Lipinski definition) is 5. The van der Waals surface area contributed by atoms with E-state index in [1.807, 2.05) is 0 Å². The quantitative estimate of drug-likeness (QED) is 0.648. The second-order valence-corrected chi connectivity index (χ2v) is 8.85. The number of anilines is 1. The average Bonchev–Trinajstić information content (AvgIpc) is 2.64. The summed E-state index contributed by atoms with van der Waals surface area (Å²) in [5.41, 5.74) is 0.901. The summed E-state index contributed by atoms with van der Waals surface area (Å²) in [5, 5.41) is 2.91. The molecule has 2 aromatic rings. The van der Waals surface area contributed by atoms with Crippen LogP contribution in [0, 0.1) is 5.92 Å². The Morgan fingerprint density at radius 2 is 1.90 bits per heavy atom.